The second-order valence-electron chi connectivity index (χ2n) is 5.10. The second-order valence-corrected chi connectivity index (χ2v) is 5.10. The first-order chi connectivity index (χ1) is 9.22. The molecular formula is C16H17FN2. The quantitative estimate of drug-likeness (QED) is 0.895. The molecule has 3 rings (SSSR count). The van der Waals surface area contributed by atoms with Crippen LogP contribution in [0.1, 0.15) is 11.1 Å². The van der Waals surface area contributed by atoms with Gasteiger partial charge < -0.3 is 10.6 Å². The van der Waals surface area contributed by atoms with Crippen LogP contribution >= 0.6 is 0 Å². The van der Waals surface area contributed by atoms with Crippen molar-refractivity contribution in [1.82, 2.24) is 0 Å². The number of fused-ring (bicyclic) bond motifs is 1. The molecule has 0 saturated carbocycles. The van der Waals surface area contributed by atoms with Crippen LogP contribution in [0.2, 0.25) is 0 Å². The number of nitrogens with two attached hydrogens (primary N) is 1. The van der Waals surface area contributed by atoms with Crippen molar-refractivity contribution in [3.8, 4) is 0 Å². The molecule has 2 N–H and O–H groups in total. The summed E-state index contributed by atoms with van der Waals surface area (Å²) in [6.07, 6.45) is 0.927. The largest absolute Gasteiger partial charge is 0.365 e. The van der Waals surface area contributed by atoms with Gasteiger partial charge in [0.2, 0.25) is 0 Å². The van der Waals surface area contributed by atoms with Gasteiger partial charge in [-0.15, -0.1) is 0 Å². The molecule has 98 valence electrons. The van der Waals surface area contributed by atoms with Crippen LogP contribution in [0.3, 0.4) is 0 Å². The monoisotopic (exact) mass is 256 g/mol. The van der Waals surface area contributed by atoms with Crippen molar-refractivity contribution in [3.63, 3.8) is 0 Å². The van der Waals surface area contributed by atoms with Gasteiger partial charge in [-0.2, -0.15) is 0 Å². The Labute approximate surface area is 112 Å². The normalized spacial score (nSPS) is 18.2. The van der Waals surface area contributed by atoms with Gasteiger partial charge in [-0.25, -0.2) is 4.39 Å². The summed E-state index contributed by atoms with van der Waals surface area (Å²) in [5.41, 5.74) is 9.76. The molecule has 0 radical (unpaired) electrons. The number of rotatable bonds is 2. The summed E-state index contributed by atoms with van der Waals surface area (Å²) in [6.45, 7) is 1.61. The highest BCUT2D eigenvalue weighted by molar-refractivity contribution is 5.56. The average molecular weight is 256 g/mol. The standard InChI is InChI=1S/C16H17FN2/c17-14-7-5-12(6-8-14)10-19-11-15(18)9-13-3-1-2-4-16(13)19/h1-8,15H,9-11,18H2/t15-/m0/s1. The first-order valence-electron chi connectivity index (χ1n) is 6.55. The fraction of sp³-hybridized carbons (Fsp3) is 0.250. The maximum atomic E-state index is 12.9. The van der Waals surface area contributed by atoms with E-state index in [1.165, 1.54) is 23.4 Å². The van der Waals surface area contributed by atoms with Gasteiger partial charge in [-0.3, -0.25) is 0 Å². The van der Waals surface area contributed by atoms with Crippen LogP contribution in [-0.2, 0) is 13.0 Å². The smallest absolute Gasteiger partial charge is 0.123 e. The van der Waals surface area contributed by atoms with Gasteiger partial charge >= 0.3 is 0 Å². The van der Waals surface area contributed by atoms with Crippen LogP contribution in [0.25, 0.3) is 0 Å². The van der Waals surface area contributed by atoms with Gasteiger partial charge in [-0.05, 0) is 35.7 Å². The molecule has 3 heteroatoms. The Morgan fingerprint density at radius 3 is 2.63 bits per heavy atom. The molecule has 2 aromatic carbocycles. The van der Waals surface area contributed by atoms with Crippen molar-refractivity contribution in [2.75, 3.05) is 11.4 Å². The van der Waals surface area contributed by atoms with Gasteiger partial charge in [0.1, 0.15) is 5.82 Å². The fourth-order valence-electron chi connectivity index (χ4n) is 2.68. The number of halogens is 1. The molecule has 0 saturated heterocycles. The Kier molecular flexibility index (Phi) is 3.22. The van der Waals surface area contributed by atoms with Crippen LogP contribution < -0.4 is 10.6 Å². The number of benzene rings is 2. The van der Waals surface area contributed by atoms with Gasteiger partial charge in [0, 0.05) is 24.8 Å². The Morgan fingerprint density at radius 1 is 1.11 bits per heavy atom. The minimum atomic E-state index is -0.195. The summed E-state index contributed by atoms with van der Waals surface area (Å²) in [7, 11) is 0. The summed E-state index contributed by atoms with van der Waals surface area (Å²) in [5.74, 6) is -0.195. The van der Waals surface area contributed by atoms with Crippen LogP contribution in [0.15, 0.2) is 48.5 Å². The van der Waals surface area contributed by atoms with E-state index in [0.717, 1.165) is 25.1 Å². The van der Waals surface area contributed by atoms with Crippen LogP contribution in [-0.4, -0.2) is 12.6 Å². The van der Waals surface area contributed by atoms with Crippen molar-refractivity contribution < 1.29 is 4.39 Å². The summed E-state index contributed by atoms with van der Waals surface area (Å²) in [5, 5.41) is 0. The number of anilines is 1. The lowest BCUT2D eigenvalue weighted by molar-refractivity contribution is 0.597. The minimum Gasteiger partial charge on any atom is -0.365 e. The molecular weight excluding hydrogens is 239 g/mol. The Morgan fingerprint density at radius 2 is 1.84 bits per heavy atom. The van der Waals surface area contributed by atoms with Crippen molar-refractivity contribution in [2.45, 2.75) is 19.0 Å². The van der Waals surface area contributed by atoms with E-state index < -0.39 is 0 Å². The van der Waals surface area contributed by atoms with Crippen molar-refractivity contribution >= 4 is 5.69 Å². The third-order valence-electron chi connectivity index (χ3n) is 3.56. The van der Waals surface area contributed by atoms with Gasteiger partial charge in [0.05, 0.1) is 0 Å². The fourth-order valence-corrected chi connectivity index (χ4v) is 2.68. The third-order valence-corrected chi connectivity index (χ3v) is 3.56. The van der Waals surface area contributed by atoms with Crippen LogP contribution in [0.4, 0.5) is 10.1 Å². The maximum Gasteiger partial charge on any atom is 0.123 e. The summed E-state index contributed by atoms with van der Waals surface area (Å²) in [4.78, 5) is 2.27. The van der Waals surface area contributed by atoms with E-state index in [1.54, 1.807) is 0 Å². The average Bonchev–Trinajstić information content (AvgIpc) is 2.41. The number of hydrogen-bond donors (Lipinski definition) is 1. The predicted molar refractivity (Wildman–Crippen MR) is 75.6 cm³/mol. The molecule has 1 aliphatic heterocycles. The van der Waals surface area contributed by atoms with E-state index in [4.69, 9.17) is 5.73 Å². The molecule has 2 nitrogen and oxygen atoms in total. The molecule has 2 aromatic rings. The molecule has 1 atom stereocenters. The van der Waals surface area contributed by atoms with Crippen molar-refractivity contribution in [3.05, 3.63) is 65.5 Å². The van der Waals surface area contributed by atoms with Crippen molar-refractivity contribution in [2.24, 2.45) is 5.73 Å². The molecule has 0 aliphatic carbocycles. The van der Waals surface area contributed by atoms with Crippen LogP contribution in [0, 0.1) is 5.82 Å². The lowest BCUT2D eigenvalue weighted by Gasteiger charge is -2.34. The van der Waals surface area contributed by atoms with E-state index in [0.29, 0.717) is 0 Å². The highest BCUT2D eigenvalue weighted by atomic mass is 19.1. The molecule has 0 spiro atoms. The number of para-hydroxylation sites is 1. The summed E-state index contributed by atoms with van der Waals surface area (Å²) >= 11 is 0. The first kappa shape index (κ1) is 12.2. The van der Waals surface area contributed by atoms with E-state index in [9.17, 15) is 4.39 Å². The van der Waals surface area contributed by atoms with Gasteiger partial charge in [-0.1, -0.05) is 30.3 Å². The molecule has 0 amide bonds. The molecule has 0 bridgehead atoms. The zero-order chi connectivity index (χ0) is 13.2. The lowest BCUT2D eigenvalue weighted by Crippen LogP contribution is -2.42. The topological polar surface area (TPSA) is 29.3 Å². The molecule has 0 unspecified atom stereocenters. The van der Waals surface area contributed by atoms with E-state index >= 15 is 0 Å². The Bertz CT molecular complexity index is 565. The van der Waals surface area contributed by atoms with Crippen molar-refractivity contribution in [1.29, 1.82) is 0 Å². The summed E-state index contributed by atoms with van der Waals surface area (Å²) in [6, 6.07) is 15.2. The Balaban J connectivity index is 1.86. The Hall–Kier alpha value is -1.87. The first-order valence-corrected chi connectivity index (χ1v) is 6.55. The zero-order valence-corrected chi connectivity index (χ0v) is 10.7. The number of hydrogen-bond acceptors (Lipinski definition) is 2. The third kappa shape index (κ3) is 2.61. The highest BCUT2D eigenvalue weighted by Gasteiger charge is 2.21. The predicted octanol–water partition coefficient (Wildman–Crippen LogP) is 2.72. The molecule has 0 fully saturated rings. The van der Waals surface area contributed by atoms with E-state index in [-0.39, 0.29) is 11.9 Å². The highest BCUT2D eigenvalue weighted by Crippen LogP contribution is 2.27. The van der Waals surface area contributed by atoms with E-state index in [2.05, 4.69) is 17.0 Å². The molecule has 1 aliphatic rings. The minimum absolute atomic E-state index is 0.162. The molecule has 19 heavy (non-hydrogen) atoms. The maximum absolute atomic E-state index is 12.9. The van der Waals surface area contributed by atoms with Gasteiger partial charge in [0.25, 0.3) is 0 Å². The number of nitrogens with zero attached hydrogens (tertiary/aromatic N) is 1. The summed E-state index contributed by atoms with van der Waals surface area (Å²) < 4.78 is 12.9. The SMILES string of the molecule is N[C@H]1Cc2ccccc2N(Cc2ccc(F)cc2)C1. The second kappa shape index (κ2) is 5.02. The van der Waals surface area contributed by atoms with Gasteiger partial charge in [0.15, 0.2) is 0 Å². The zero-order valence-electron chi connectivity index (χ0n) is 10.7. The van der Waals surface area contributed by atoms with E-state index in [1.807, 2.05) is 24.3 Å². The van der Waals surface area contributed by atoms with Crippen LogP contribution in [0.5, 0.6) is 0 Å². The molecule has 1 heterocycles. The molecule has 0 aromatic heterocycles. The lowest BCUT2D eigenvalue weighted by atomic mass is 9.98.